The molecule has 0 radical (unpaired) electrons. The van der Waals surface area contributed by atoms with Gasteiger partial charge in [-0.2, -0.15) is 0 Å². The van der Waals surface area contributed by atoms with Gasteiger partial charge in [-0.3, -0.25) is 0 Å². The van der Waals surface area contributed by atoms with Crippen LogP contribution in [0.4, 0.5) is 17.1 Å². The molecular formula is C20H23Cl2N3O2S. The van der Waals surface area contributed by atoms with Crippen LogP contribution in [0.2, 0.25) is 10.0 Å². The lowest BCUT2D eigenvalue weighted by molar-refractivity contribution is 0.0693. The zero-order valence-corrected chi connectivity index (χ0v) is 18.5. The molecule has 0 unspecified atom stereocenters. The first kappa shape index (κ1) is 22.4. The minimum Gasteiger partial charge on any atom is -0.478 e. The van der Waals surface area contributed by atoms with Crippen LogP contribution in [0, 0.1) is 0 Å². The fourth-order valence-electron chi connectivity index (χ4n) is 2.26. The number of anilines is 2. The Labute approximate surface area is 179 Å². The Kier molecular flexibility index (Phi) is 8.04. The summed E-state index contributed by atoms with van der Waals surface area (Å²) in [6, 6.07) is 8.57. The molecule has 0 aliphatic carbocycles. The van der Waals surface area contributed by atoms with Gasteiger partial charge >= 0.3 is 5.97 Å². The van der Waals surface area contributed by atoms with Gasteiger partial charge in [-0.1, -0.05) is 37.0 Å². The predicted molar refractivity (Wildman–Crippen MR) is 121 cm³/mol. The molecule has 0 bridgehead atoms. The summed E-state index contributed by atoms with van der Waals surface area (Å²) < 4.78 is 0. The highest BCUT2D eigenvalue weighted by atomic mass is 35.5. The van der Waals surface area contributed by atoms with Gasteiger partial charge in [0.15, 0.2) is 0 Å². The molecule has 0 aliphatic heterocycles. The highest BCUT2D eigenvalue weighted by Gasteiger charge is 2.14. The second-order valence-electron chi connectivity index (χ2n) is 6.41. The summed E-state index contributed by atoms with van der Waals surface area (Å²) in [6.07, 6.45) is 1.69. The Morgan fingerprint density at radius 1 is 1.29 bits per heavy atom. The van der Waals surface area contributed by atoms with E-state index in [1.54, 1.807) is 30.6 Å². The lowest BCUT2D eigenvalue weighted by Crippen LogP contribution is -2.14. The average molecular weight is 440 g/mol. The van der Waals surface area contributed by atoms with Gasteiger partial charge in [-0.05, 0) is 37.3 Å². The van der Waals surface area contributed by atoms with Crippen molar-refractivity contribution in [1.82, 2.24) is 4.90 Å². The van der Waals surface area contributed by atoms with Crippen LogP contribution in [-0.4, -0.2) is 41.2 Å². The van der Waals surface area contributed by atoms with E-state index >= 15 is 0 Å². The van der Waals surface area contributed by atoms with Gasteiger partial charge in [-0.25, -0.2) is 9.79 Å². The van der Waals surface area contributed by atoms with E-state index in [1.807, 2.05) is 38.8 Å². The summed E-state index contributed by atoms with van der Waals surface area (Å²) in [5.41, 5.74) is 2.00. The van der Waals surface area contributed by atoms with E-state index in [4.69, 9.17) is 23.2 Å². The first-order valence-corrected chi connectivity index (χ1v) is 10.4. The van der Waals surface area contributed by atoms with Crippen molar-refractivity contribution in [3.8, 4) is 0 Å². The number of carbonyl (C=O) groups is 1. The number of halogens is 2. The van der Waals surface area contributed by atoms with Crippen molar-refractivity contribution in [1.29, 1.82) is 0 Å². The molecule has 0 aromatic heterocycles. The van der Waals surface area contributed by atoms with Crippen LogP contribution in [0.5, 0.6) is 0 Å². The zero-order chi connectivity index (χ0) is 20.8. The van der Waals surface area contributed by atoms with Gasteiger partial charge in [0.05, 0.1) is 33.3 Å². The summed E-state index contributed by atoms with van der Waals surface area (Å²) in [7, 11) is 1.91. The minimum atomic E-state index is -0.972. The number of benzene rings is 2. The Hall–Kier alpha value is -1.89. The van der Waals surface area contributed by atoms with E-state index in [9.17, 15) is 9.90 Å². The Morgan fingerprint density at radius 2 is 2.00 bits per heavy atom. The lowest BCUT2D eigenvalue weighted by Gasteiger charge is -2.14. The number of nitrogens with one attached hydrogen (secondary N) is 1. The van der Waals surface area contributed by atoms with Crippen molar-refractivity contribution in [3.63, 3.8) is 0 Å². The summed E-state index contributed by atoms with van der Waals surface area (Å²) in [6.45, 7) is 6.88. The van der Waals surface area contributed by atoms with Crippen LogP contribution in [0.3, 0.4) is 0 Å². The van der Waals surface area contributed by atoms with Crippen LogP contribution < -0.4 is 5.32 Å². The van der Waals surface area contributed by atoms with Crippen molar-refractivity contribution in [2.75, 3.05) is 18.9 Å². The number of rotatable bonds is 8. The van der Waals surface area contributed by atoms with Gasteiger partial charge in [0, 0.05) is 29.4 Å². The molecule has 0 saturated heterocycles. The minimum absolute atomic E-state index is 0.245. The number of aromatic carboxylic acids is 1. The standard InChI is InChI=1S/C20H23Cl2N3O2S/c1-5-25(4)11-23-17-9-16(22)18(10-15(17)21)24-13-6-7-19(28-12(2)3)14(8-13)20(26)27/h6-12,24H,5H2,1-4H3,(H,26,27)/b23-11+. The molecule has 150 valence electrons. The number of carboxylic acid groups (broad SMARTS) is 1. The van der Waals surface area contributed by atoms with Crippen molar-refractivity contribution in [2.24, 2.45) is 4.99 Å². The van der Waals surface area contributed by atoms with Crippen molar-refractivity contribution in [2.45, 2.75) is 30.9 Å². The molecule has 0 saturated carbocycles. The van der Waals surface area contributed by atoms with Crippen molar-refractivity contribution >= 4 is 64.3 Å². The summed E-state index contributed by atoms with van der Waals surface area (Å²) in [5.74, 6) is -0.972. The average Bonchev–Trinajstić information content (AvgIpc) is 2.63. The van der Waals surface area contributed by atoms with Crippen LogP contribution in [0.1, 0.15) is 31.1 Å². The molecule has 2 aromatic rings. The second-order valence-corrected chi connectivity index (χ2v) is 8.84. The Morgan fingerprint density at radius 3 is 2.61 bits per heavy atom. The quantitative estimate of drug-likeness (QED) is 0.277. The Bertz CT molecular complexity index is 888. The SMILES string of the molecule is CCN(C)/C=N/c1cc(Cl)c(Nc2ccc(SC(C)C)c(C(=O)O)c2)cc1Cl. The molecule has 2 rings (SSSR count). The van der Waals surface area contributed by atoms with E-state index in [1.165, 1.54) is 11.8 Å². The van der Waals surface area contributed by atoms with E-state index in [0.717, 1.165) is 11.4 Å². The monoisotopic (exact) mass is 439 g/mol. The largest absolute Gasteiger partial charge is 0.478 e. The molecule has 0 atom stereocenters. The number of carboxylic acids is 1. The molecule has 5 nitrogen and oxygen atoms in total. The lowest BCUT2D eigenvalue weighted by atomic mass is 10.2. The summed E-state index contributed by atoms with van der Waals surface area (Å²) in [5, 5.41) is 13.8. The van der Waals surface area contributed by atoms with E-state index < -0.39 is 5.97 Å². The number of nitrogens with zero attached hydrogens (tertiary/aromatic N) is 2. The number of thioether (sulfide) groups is 1. The maximum absolute atomic E-state index is 11.6. The van der Waals surface area contributed by atoms with Gasteiger partial charge in [0.1, 0.15) is 0 Å². The third-order valence-electron chi connectivity index (χ3n) is 3.78. The molecule has 0 fully saturated rings. The summed E-state index contributed by atoms with van der Waals surface area (Å²) in [4.78, 5) is 18.6. The van der Waals surface area contributed by atoms with Crippen LogP contribution in [-0.2, 0) is 0 Å². The van der Waals surface area contributed by atoms with Gasteiger partial charge in [0.2, 0.25) is 0 Å². The number of hydrogen-bond acceptors (Lipinski definition) is 4. The maximum atomic E-state index is 11.6. The molecule has 0 heterocycles. The molecule has 2 aromatic carbocycles. The fourth-order valence-corrected chi connectivity index (χ4v) is 3.61. The predicted octanol–water partition coefficient (Wildman–Crippen LogP) is 6.55. The summed E-state index contributed by atoms with van der Waals surface area (Å²) >= 11 is 14.2. The van der Waals surface area contributed by atoms with Gasteiger partial charge in [0.25, 0.3) is 0 Å². The molecule has 28 heavy (non-hydrogen) atoms. The van der Waals surface area contributed by atoms with Crippen molar-refractivity contribution in [3.05, 3.63) is 45.9 Å². The number of hydrogen-bond donors (Lipinski definition) is 2. The van der Waals surface area contributed by atoms with Gasteiger partial charge < -0.3 is 15.3 Å². The molecule has 2 N–H and O–H groups in total. The first-order valence-electron chi connectivity index (χ1n) is 8.75. The fraction of sp³-hybridized carbons (Fsp3) is 0.300. The molecule has 0 aliphatic rings. The van der Waals surface area contributed by atoms with Crippen LogP contribution in [0.15, 0.2) is 40.2 Å². The van der Waals surface area contributed by atoms with E-state index in [-0.39, 0.29) is 10.8 Å². The third kappa shape index (κ3) is 6.06. The number of aliphatic imine (C=N–C) groups is 1. The molecule has 0 spiro atoms. The maximum Gasteiger partial charge on any atom is 0.336 e. The van der Waals surface area contributed by atoms with E-state index in [2.05, 4.69) is 10.3 Å². The van der Waals surface area contributed by atoms with Crippen LogP contribution >= 0.6 is 35.0 Å². The normalized spacial score (nSPS) is 11.2. The highest BCUT2D eigenvalue weighted by Crippen LogP contribution is 2.37. The topological polar surface area (TPSA) is 64.9 Å². The smallest absolute Gasteiger partial charge is 0.336 e. The van der Waals surface area contributed by atoms with Crippen LogP contribution in [0.25, 0.3) is 0 Å². The highest BCUT2D eigenvalue weighted by molar-refractivity contribution is 8.00. The second kappa shape index (κ2) is 10.0. The van der Waals surface area contributed by atoms with E-state index in [0.29, 0.717) is 27.1 Å². The zero-order valence-electron chi connectivity index (χ0n) is 16.2. The van der Waals surface area contributed by atoms with Crippen molar-refractivity contribution < 1.29 is 9.90 Å². The third-order valence-corrected chi connectivity index (χ3v) is 5.48. The molecular weight excluding hydrogens is 417 g/mol. The Balaban J connectivity index is 2.30. The first-order chi connectivity index (χ1) is 13.2. The molecule has 0 amide bonds. The van der Waals surface area contributed by atoms with Gasteiger partial charge in [-0.15, -0.1) is 11.8 Å². The molecule has 8 heteroatoms.